The van der Waals surface area contributed by atoms with Gasteiger partial charge in [0.15, 0.2) is 0 Å². The monoisotopic (exact) mass is 357 g/mol. The Hall–Kier alpha value is -1.45. The zero-order chi connectivity index (χ0) is 19.3. The second-order valence-electron chi connectivity index (χ2n) is 6.91. The molecule has 1 aliphatic carbocycles. The Morgan fingerprint density at radius 1 is 1.32 bits per heavy atom. The van der Waals surface area contributed by atoms with Gasteiger partial charge in [0.2, 0.25) is 0 Å². The number of allylic oxidation sites excluding steroid dienone is 1. The standard InChI is InChI=1S/C14H27N.C4H8O2.CO2.CH4/c1-6-11-7-8-13(14(4,5)15)12(9-11)10(2)3;1-3-6-4(2)5;2-1-3;/h10-11H,6-9,15H2,1-5H3;3H2,1-2H3;;1H4. The van der Waals surface area contributed by atoms with E-state index < -0.39 is 0 Å². The number of hydrogen-bond acceptors (Lipinski definition) is 5. The van der Waals surface area contributed by atoms with E-state index in [2.05, 4.69) is 39.4 Å². The van der Waals surface area contributed by atoms with Gasteiger partial charge in [-0.25, -0.2) is 0 Å². The van der Waals surface area contributed by atoms with Crippen molar-refractivity contribution >= 4 is 12.1 Å². The van der Waals surface area contributed by atoms with E-state index in [1.165, 1.54) is 38.2 Å². The first-order valence-corrected chi connectivity index (χ1v) is 8.68. The third kappa shape index (κ3) is 13.5. The Labute approximate surface area is 154 Å². The van der Waals surface area contributed by atoms with E-state index >= 15 is 0 Å². The van der Waals surface area contributed by atoms with Gasteiger partial charge in [-0.1, -0.05) is 45.8 Å². The molecule has 1 atom stereocenters. The maximum Gasteiger partial charge on any atom is 0.373 e. The number of rotatable bonds is 4. The molecule has 25 heavy (non-hydrogen) atoms. The predicted molar refractivity (Wildman–Crippen MR) is 102 cm³/mol. The van der Waals surface area contributed by atoms with Crippen LogP contribution in [0.25, 0.3) is 0 Å². The molecule has 0 saturated heterocycles. The Morgan fingerprint density at radius 2 is 1.80 bits per heavy atom. The van der Waals surface area contributed by atoms with Gasteiger partial charge in [0, 0.05) is 12.5 Å². The van der Waals surface area contributed by atoms with Crippen LogP contribution in [0.2, 0.25) is 0 Å². The molecule has 0 spiro atoms. The Kier molecular flexibility index (Phi) is 16.9. The fraction of sp³-hybridized carbons (Fsp3) is 0.800. The van der Waals surface area contributed by atoms with Gasteiger partial charge >= 0.3 is 12.1 Å². The number of hydrogen-bond donors (Lipinski definition) is 1. The molecular formula is C20H39NO4. The zero-order valence-corrected chi connectivity index (χ0v) is 16.4. The maximum atomic E-state index is 9.82. The van der Waals surface area contributed by atoms with Crippen molar-refractivity contribution in [1.82, 2.24) is 0 Å². The molecule has 0 radical (unpaired) electrons. The molecule has 5 heteroatoms. The summed E-state index contributed by atoms with van der Waals surface area (Å²) in [4.78, 5) is 26.1. The molecule has 0 heterocycles. The number of carbonyl (C=O) groups excluding carboxylic acids is 3. The molecule has 0 bridgehead atoms. The fourth-order valence-electron chi connectivity index (χ4n) is 2.92. The molecule has 0 amide bonds. The average molecular weight is 358 g/mol. The van der Waals surface area contributed by atoms with Gasteiger partial charge < -0.3 is 10.5 Å². The van der Waals surface area contributed by atoms with E-state index in [0.29, 0.717) is 12.5 Å². The Morgan fingerprint density at radius 3 is 2.04 bits per heavy atom. The summed E-state index contributed by atoms with van der Waals surface area (Å²) in [6, 6.07) is 0. The fourth-order valence-corrected chi connectivity index (χ4v) is 2.92. The van der Waals surface area contributed by atoms with E-state index in [4.69, 9.17) is 15.3 Å². The molecule has 0 aliphatic heterocycles. The highest BCUT2D eigenvalue weighted by atomic mass is 16.5. The van der Waals surface area contributed by atoms with Crippen LogP contribution in [0.4, 0.5) is 0 Å². The van der Waals surface area contributed by atoms with Crippen molar-refractivity contribution in [1.29, 1.82) is 0 Å². The van der Waals surface area contributed by atoms with Crippen molar-refractivity contribution in [2.24, 2.45) is 17.6 Å². The molecule has 0 aromatic carbocycles. The lowest BCUT2D eigenvalue weighted by Gasteiger charge is -2.35. The minimum Gasteiger partial charge on any atom is -0.466 e. The largest absolute Gasteiger partial charge is 0.466 e. The lowest BCUT2D eigenvalue weighted by atomic mass is 9.73. The summed E-state index contributed by atoms with van der Waals surface area (Å²) in [5.41, 5.74) is 9.32. The Balaban J connectivity index is -0.000000408. The quantitative estimate of drug-likeness (QED) is 0.591. The molecule has 0 saturated carbocycles. The third-order valence-electron chi connectivity index (χ3n) is 4.10. The van der Waals surface area contributed by atoms with Crippen LogP contribution in [0, 0.1) is 11.8 Å². The highest BCUT2D eigenvalue weighted by Gasteiger charge is 2.28. The summed E-state index contributed by atoms with van der Waals surface area (Å²) >= 11 is 0. The van der Waals surface area contributed by atoms with Crippen LogP contribution < -0.4 is 5.73 Å². The summed E-state index contributed by atoms with van der Waals surface area (Å²) in [5.74, 6) is 1.35. The molecule has 5 nitrogen and oxygen atoms in total. The summed E-state index contributed by atoms with van der Waals surface area (Å²) < 4.78 is 4.40. The van der Waals surface area contributed by atoms with Crippen molar-refractivity contribution in [2.75, 3.05) is 6.61 Å². The van der Waals surface area contributed by atoms with Crippen molar-refractivity contribution in [3.8, 4) is 0 Å². The van der Waals surface area contributed by atoms with Crippen molar-refractivity contribution in [3.63, 3.8) is 0 Å². The molecule has 1 unspecified atom stereocenters. The number of ether oxygens (including phenoxy) is 1. The van der Waals surface area contributed by atoms with Crippen LogP contribution in [0.15, 0.2) is 11.1 Å². The van der Waals surface area contributed by atoms with Crippen LogP contribution in [0.5, 0.6) is 0 Å². The van der Waals surface area contributed by atoms with Gasteiger partial charge in [0.25, 0.3) is 0 Å². The predicted octanol–water partition coefficient (Wildman–Crippen LogP) is 4.51. The number of esters is 1. The van der Waals surface area contributed by atoms with Crippen LogP contribution >= 0.6 is 0 Å². The summed E-state index contributed by atoms with van der Waals surface area (Å²) in [6.07, 6.45) is 5.40. The molecule has 2 N–H and O–H groups in total. The van der Waals surface area contributed by atoms with Gasteiger partial charge in [0.05, 0.1) is 6.61 Å². The van der Waals surface area contributed by atoms with E-state index in [0.717, 1.165) is 5.92 Å². The molecule has 0 fully saturated rings. The summed E-state index contributed by atoms with van der Waals surface area (Å²) in [5, 5.41) is 0. The van der Waals surface area contributed by atoms with Gasteiger partial charge in [-0.15, -0.1) is 0 Å². The number of nitrogens with two attached hydrogens (primary N) is 1. The highest BCUT2D eigenvalue weighted by molar-refractivity contribution is 5.65. The van der Waals surface area contributed by atoms with Crippen molar-refractivity contribution in [3.05, 3.63) is 11.1 Å². The summed E-state index contributed by atoms with van der Waals surface area (Å²) in [6.45, 7) is 14.9. The zero-order valence-electron chi connectivity index (χ0n) is 16.4. The second-order valence-corrected chi connectivity index (χ2v) is 6.91. The van der Waals surface area contributed by atoms with E-state index in [-0.39, 0.29) is 25.1 Å². The van der Waals surface area contributed by atoms with E-state index in [9.17, 15) is 4.79 Å². The average Bonchev–Trinajstić information content (AvgIpc) is 2.47. The topological polar surface area (TPSA) is 86.5 Å². The molecule has 1 aliphatic rings. The van der Waals surface area contributed by atoms with Gasteiger partial charge in [-0.05, 0) is 51.9 Å². The highest BCUT2D eigenvalue weighted by Crippen LogP contribution is 2.38. The number of carbonyl (C=O) groups is 1. The SMILES string of the molecule is C.CCC1CCC(C(C)(C)N)=C(C(C)C)C1.CCOC(C)=O.O=C=O. The molecule has 0 aromatic heterocycles. The van der Waals surface area contributed by atoms with Gasteiger partial charge in [-0.2, -0.15) is 9.59 Å². The normalized spacial score (nSPS) is 16.4. The van der Waals surface area contributed by atoms with Crippen LogP contribution in [-0.2, 0) is 19.1 Å². The van der Waals surface area contributed by atoms with Crippen LogP contribution in [0.1, 0.15) is 81.6 Å². The lowest BCUT2D eigenvalue weighted by molar-refractivity contribution is -0.191. The van der Waals surface area contributed by atoms with Gasteiger partial charge in [0.1, 0.15) is 0 Å². The van der Waals surface area contributed by atoms with Crippen molar-refractivity contribution < 1.29 is 19.1 Å². The maximum absolute atomic E-state index is 9.82. The summed E-state index contributed by atoms with van der Waals surface area (Å²) in [7, 11) is 0. The van der Waals surface area contributed by atoms with Crippen LogP contribution in [-0.4, -0.2) is 24.3 Å². The smallest absolute Gasteiger partial charge is 0.373 e. The molecular weight excluding hydrogens is 318 g/mol. The third-order valence-corrected chi connectivity index (χ3v) is 4.10. The first-order chi connectivity index (χ1) is 11.0. The second kappa shape index (κ2) is 14.9. The van der Waals surface area contributed by atoms with Gasteiger partial charge in [-0.3, -0.25) is 4.79 Å². The minimum absolute atomic E-state index is 0. The van der Waals surface area contributed by atoms with E-state index in [1.54, 1.807) is 12.5 Å². The Bertz CT molecular complexity index is 427. The first-order valence-electron chi connectivity index (χ1n) is 8.68. The lowest BCUT2D eigenvalue weighted by Crippen LogP contribution is -2.37. The first kappa shape index (κ1) is 28.4. The van der Waals surface area contributed by atoms with Crippen LogP contribution in [0.3, 0.4) is 0 Å². The van der Waals surface area contributed by atoms with E-state index in [1.807, 2.05) is 0 Å². The molecule has 148 valence electrons. The minimum atomic E-state index is -0.211. The molecule has 0 aromatic rings. The molecule has 1 rings (SSSR count). The van der Waals surface area contributed by atoms with Crippen molar-refractivity contribution in [2.45, 2.75) is 87.1 Å².